The molecule has 0 N–H and O–H groups in total. The average Bonchev–Trinajstić information content (AvgIpc) is 3.85. The first-order valence-electron chi connectivity index (χ1n) is 29.1. The number of allylic oxidation sites excluding steroid dienone is 10. The zero-order valence-corrected chi connectivity index (χ0v) is 43.7. The maximum Gasteiger partial charge on any atom is 0.0511 e. The van der Waals surface area contributed by atoms with Crippen molar-refractivity contribution in [1.29, 1.82) is 0 Å². The summed E-state index contributed by atoms with van der Waals surface area (Å²) in [6.45, 7) is 13.0. The molecule has 0 amide bonds. The van der Waals surface area contributed by atoms with Crippen molar-refractivity contribution in [1.82, 2.24) is 9.80 Å². The fraction of sp³-hybridized carbons (Fsp3) is 0.778. The third-order valence-corrected chi connectivity index (χ3v) is 23.3. The molecule has 9 unspecified atom stereocenters. The zero-order valence-electron chi connectivity index (χ0n) is 42.9. The van der Waals surface area contributed by atoms with Crippen molar-refractivity contribution >= 4 is 11.8 Å². The van der Waals surface area contributed by atoms with Crippen LogP contribution in [0.2, 0.25) is 0 Å². The molecule has 2 heterocycles. The number of likely N-dealkylation sites (tertiary alicyclic amines) is 1. The first-order chi connectivity index (χ1) is 32.1. The lowest BCUT2D eigenvalue weighted by Gasteiger charge is -2.51. The highest BCUT2D eigenvalue weighted by Gasteiger charge is 2.62. The SMILES string of the molecule is CC(C)(C)C1C=CC2SCC(N(C3=CC(N4C5=CC=C(C6CCCCC6)CC5C5(CCCCC5)C4(C)C)=CC(C4CC(C5CCCCC5)CC(C5CCCCC5)C4)C3)C3C=CC=CC3)C2C1. The molecule has 66 heavy (non-hydrogen) atoms. The van der Waals surface area contributed by atoms with E-state index >= 15 is 0 Å². The second-order valence-electron chi connectivity index (χ2n) is 26.6. The summed E-state index contributed by atoms with van der Waals surface area (Å²) in [5.41, 5.74) is 7.61. The molecule has 5 saturated carbocycles. The number of hydrogen-bond acceptors (Lipinski definition) is 3. The van der Waals surface area contributed by atoms with Gasteiger partial charge in [0.1, 0.15) is 0 Å². The summed E-state index contributed by atoms with van der Waals surface area (Å²) in [4.78, 5) is 6.23. The van der Waals surface area contributed by atoms with Crippen LogP contribution in [0.25, 0.3) is 0 Å². The Morgan fingerprint density at radius 3 is 1.97 bits per heavy atom. The predicted octanol–water partition coefficient (Wildman–Crippen LogP) is 17.3. The number of nitrogens with zero attached hydrogens (tertiary/aromatic N) is 2. The van der Waals surface area contributed by atoms with Crippen LogP contribution >= 0.6 is 11.8 Å². The van der Waals surface area contributed by atoms with Crippen molar-refractivity contribution < 1.29 is 0 Å². The molecule has 11 rings (SSSR count). The highest BCUT2D eigenvalue weighted by molar-refractivity contribution is 8.00. The highest BCUT2D eigenvalue weighted by atomic mass is 32.2. The lowest BCUT2D eigenvalue weighted by atomic mass is 9.56. The van der Waals surface area contributed by atoms with E-state index in [1.54, 1.807) is 23.5 Å². The summed E-state index contributed by atoms with van der Waals surface area (Å²) < 4.78 is 0. The number of fused-ring (bicyclic) bond motifs is 3. The Morgan fingerprint density at radius 2 is 1.32 bits per heavy atom. The molecule has 0 aromatic carbocycles. The maximum absolute atomic E-state index is 3.14. The van der Waals surface area contributed by atoms with E-state index in [9.17, 15) is 0 Å². The van der Waals surface area contributed by atoms with Crippen LogP contribution in [0.3, 0.4) is 0 Å². The van der Waals surface area contributed by atoms with Gasteiger partial charge in [-0.2, -0.15) is 11.8 Å². The minimum atomic E-state index is 0.0810. The Morgan fingerprint density at radius 1 is 0.667 bits per heavy atom. The Bertz CT molecular complexity index is 1900. The van der Waals surface area contributed by atoms with Crippen LogP contribution in [0.15, 0.2) is 83.4 Å². The molecule has 0 bridgehead atoms. The second-order valence-corrected chi connectivity index (χ2v) is 27.8. The van der Waals surface area contributed by atoms with Gasteiger partial charge in [-0.1, -0.05) is 178 Å². The summed E-state index contributed by atoms with van der Waals surface area (Å²) in [6, 6.07) is 1.03. The van der Waals surface area contributed by atoms with Gasteiger partial charge < -0.3 is 9.80 Å². The summed E-state index contributed by atoms with van der Waals surface area (Å²) in [5, 5.41) is 0.655. The van der Waals surface area contributed by atoms with Crippen LogP contribution in [0.1, 0.15) is 208 Å². The third kappa shape index (κ3) is 8.83. The van der Waals surface area contributed by atoms with Gasteiger partial charge in [0, 0.05) is 51.0 Å². The molecule has 9 atom stereocenters. The van der Waals surface area contributed by atoms with Gasteiger partial charge in [0.2, 0.25) is 0 Å². The van der Waals surface area contributed by atoms with Crippen LogP contribution in [0, 0.1) is 70.0 Å². The van der Waals surface area contributed by atoms with Gasteiger partial charge in [-0.25, -0.2) is 0 Å². The number of thioether (sulfide) groups is 1. The summed E-state index contributed by atoms with van der Waals surface area (Å²) in [5.74, 6) is 9.40. The Balaban J connectivity index is 1.02. The predicted molar refractivity (Wildman–Crippen MR) is 283 cm³/mol. The molecule has 2 saturated heterocycles. The molecular formula is C63H94N2S. The van der Waals surface area contributed by atoms with E-state index in [0.717, 1.165) is 41.9 Å². The Labute approximate surface area is 409 Å². The van der Waals surface area contributed by atoms with Gasteiger partial charge in [-0.15, -0.1) is 0 Å². The lowest BCUT2D eigenvalue weighted by Crippen LogP contribution is -2.51. The van der Waals surface area contributed by atoms with Crippen LogP contribution in [-0.4, -0.2) is 38.4 Å². The first-order valence-corrected chi connectivity index (χ1v) is 30.2. The smallest absolute Gasteiger partial charge is 0.0511 e. The Hall–Kier alpha value is -1.87. The zero-order chi connectivity index (χ0) is 45.0. The minimum Gasteiger partial charge on any atom is -0.364 e. The largest absolute Gasteiger partial charge is 0.364 e. The van der Waals surface area contributed by atoms with Gasteiger partial charge in [-0.3, -0.25) is 0 Å². The van der Waals surface area contributed by atoms with Crippen molar-refractivity contribution in [3.05, 3.63) is 83.4 Å². The summed E-state index contributed by atoms with van der Waals surface area (Å²) in [6.07, 6.45) is 65.4. The number of rotatable bonds is 8. The molecule has 7 fully saturated rings. The second kappa shape index (κ2) is 19.4. The fourth-order valence-electron chi connectivity index (χ4n) is 18.1. The molecule has 0 aromatic rings. The van der Waals surface area contributed by atoms with Crippen molar-refractivity contribution in [2.45, 2.75) is 231 Å². The van der Waals surface area contributed by atoms with Crippen molar-refractivity contribution in [3.63, 3.8) is 0 Å². The number of hydrogen-bond donors (Lipinski definition) is 0. The molecular weight excluding hydrogens is 817 g/mol. The van der Waals surface area contributed by atoms with Crippen molar-refractivity contribution in [3.8, 4) is 0 Å². The van der Waals surface area contributed by atoms with Gasteiger partial charge in [0.15, 0.2) is 0 Å². The molecule has 3 heteroatoms. The topological polar surface area (TPSA) is 6.48 Å². The molecule has 2 aliphatic heterocycles. The standard InChI is InChI=1S/C63H94N2S/c1-61(2,3)52-30-32-60-56(41-52)59(43-66-60)64(53-27-17-9-18-28-53)54-38-51(50-36-48(45-23-13-7-14-24-45)35-49(37-50)46-25-15-8-16-26-46)39-55(42-54)65-58-31-29-47(44-21-11-6-12-22-44)40-57(58)63(62(65,4)5)33-19-10-20-34-63/h9,17-18,27,29-32,39,42,44-46,48-53,56-57,59-60H,6-8,10-16,19-26,28,33-38,40-41,43H2,1-5H3. The lowest BCUT2D eigenvalue weighted by molar-refractivity contribution is 0.0275. The molecule has 1 spiro atoms. The highest BCUT2D eigenvalue weighted by Crippen LogP contribution is 2.66. The van der Waals surface area contributed by atoms with Gasteiger partial charge in [0.25, 0.3) is 0 Å². The van der Waals surface area contributed by atoms with Gasteiger partial charge in [0.05, 0.1) is 6.04 Å². The van der Waals surface area contributed by atoms with Gasteiger partial charge in [-0.05, 0) is 155 Å². The van der Waals surface area contributed by atoms with E-state index < -0.39 is 0 Å². The minimum absolute atomic E-state index is 0.0810. The maximum atomic E-state index is 3.14. The molecule has 0 radical (unpaired) electrons. The molecule has 2 nitrogen and oxygen atoms in total. The molecule has 11 aliphatic rings. The van der Waals surface area contributed by atoms with E-state index in [0.29, 0.717) is 51.8 Å². The monoisotopic (exact) mass is 911 g/mol. The van der Waals surface area contributed by atoms with E-state index in [1.165, 1.54) is 166 Å². The van der Waals surface area contributed by atoms with E-state index in [4.69, 9.17) is 0 Å². The van der Waals surface area contributed by atoms with Crippen molar-refractivity contribution in [2.24, 2.45) is 70.0 Å². The molecule has 0 aromatic heterocycles. The quantitative estimate of drug-likeness (QED) is 0.224. The van der Waals surface area contributed by atoms with Crippen molar-refractivity contribution in [2.75, 3.05) is 5.75 Å². The van der Waals surface area contributed by atoms with Crippen LogP contribution in [0.4, 0.5) is 0 Å². The van der Waals surface area contributed by atoms with Crippen LogP contribution in [-0.2, 0) is 0 Å². The Kier molecular flexibility index (Phi) is 13.7. The fourth-order valence-corrected chi connectivity index (χ4v) is 19.7. The molecule has 362 valence electrons. The average molecular weight is 912 g/mol. The third-order valence-electron chi connectivity index (χ3n) is 21.9. The normalized spacial score (nSPS) is 38.7. The first kappa shape index (κ1) is 46.5. The van der Waals surface area contributed by atoms with Crippen LogP contribution in [0.5, 0.6) is 0 Å². The van der Waals surface area contributed by atoms with Crippen LogP contribution < -0.4 is 0 Å². The van der Waals surface area contributed by atoms with E-state index in [-0.39, 0.29) is 5.54 Å². The van der Waals surface area contributed by atoms with E-state index in [2.05, 4.69) is 117 Å². The van der Waals surface area contributed by atoms with E-state index in [1.807, 2.05) is 5.57 Å². The summed E-state index contributed by atoms with van der Waals surface area (Å²) >= 11 is 2.29. The van der Waals surface area contributed by atoms with Gasteiger partial charge >= 0.3 is 0 Å². The molecule has 9 aliphatic carbocycles. The summed E-state index contributed by atoms with van der Waals surface area (Å²) in [7, 11) is 0.